The van der Waals surface area contributed by atoms with Gasteiger partial charge in [-0.25, -0.2) is 4.57 Å². The standard InChI is InChI=1S/C16H20N4O3/c1-23-15-6-9-18(10-7-15)14-4-2-13(3-5-14)12-19-11-8-17-16(19)20(21)22/h2-5,8,11,15H,6-7,9-10,12H2,1H3. The predicted molar refractivity (Wildman–Crippen MR) is 86.7 cm³/mol. The molecule has 2 heterocycles. The molecule has 0 amide bonds. The third kappa shape index (κ3) is 3.50. The number of aromatic nitrogens is 2. The molecule has 0 aliphatic carbocycles. The van der Waals surface area contributed by atoms with E-state index in [1.807, 2.05) is 12.1 Å². The molecule has 1 aliphatic heterocycles. The van der Waals surface area contributed by atoms with Crippen molar-refractivity contribution in [3.8, 4) is 0 Å². The highest BCUT2D eigenvalue weighted by Crippen LogP contribution is 2.22. The number of hydrogen-bond donors (Lipinski definition) is 0. The molecule has 0 saturated carbocycles. The minimum atomic E-state index is -0.464. The molecule has 0 spiro atoms. The summed E-state index contributed by atoms with van der Waals surface area (Å²) in [6, 6.07) is 8.18. The minimum absolute atomic E-state index is 0.129. The van der Waals surface area contributed by atoms with Crippen molar-refractivity contribution >= 4 is 11.6 Å². The first kappa shape index (κ1) is 15.5. The largest absolute Gasteiger partial charge is 0.434 e. The molecular weight excluding hydrogens is 296 g/mol. The molecule has 7 heteroatoms. The Morgan fingerprint density at radius 1 is 1.30 bits per heavy atom. The Balaban J connectivity index is 1.65. The van der Waals surface area contributed by atoms with Crippen LogP contribution in [0.2, 0.25) is 0 Å². The molecule has 0 N–H and O–H groups in total. The lowest BCUT2D eigenvalue weighted by Gasteiger charge is -2.33. The van der Waals surface area contributed by atoms with Crippen LogP contribution in [0, 0.1) is 10.1 Å². The Kier molecular flexibility index (Phi) is 4.57. The number of hydrogen-bond acceptors (Lipinski definition) is 5. The molecule has 1 aromatic heterocycles. The maximum Gasteiger partial charge on any atom is 0.434 e. The molecule has 0 unspecified atom stereocenters. The number of piperidine rings is 1. The molecule has 23 heavy (non-hydrogen) atoms. The molecule has 1 aromatic carbocycles. The summed E-state index contributed by atoms with van der Waals surface area (Å²) < 4.78 is 6.93. The van der Waals surface area contributed by atoms with Gasteiger partial charge in [-0.3, -0.25) is 0 Å². The summed E-state index contributed by atoms with van der Waals surface area (Å²) in [5.74, 6) is -0.129. The molecule has 7 nitrogen and oxygen atoms in total. The van der Waals surface area contributed by atoms with E-state index >= 15 is 0 Å². The number of rotatable bonds is 5. The van der Waals surface area contributed by atoms with Crippen molar-refractivity contribution in [2.75, 3.05) is 25.1 Å². The van der Waals surface area contributed by atoms with Gasteiger partial charge in [-0.1, -0.05) is 17.1 Å². The Bertz CT molecular complexity index is 660. The van der Waals surface area contributed by atoms with E-state index in [1.54, 1.807) is 17.9 Å². The average molecular weight is 316 g/mol. The Hall–Kier alpha value is -2.41. The fourth-order valence-electron chi connectivity index (χ4n) is 2.96. The second-order valence-corrected chi connectivity index (χ2v) is 5.70. The molecule has 2 aromatic rings. The molecule has 0 bridgehead atoms. The van der Waals surface area contributed by atoms with Gasteiger partial charge >= 0.3 is 5.95 Å². The Morgan fingerprint density at radius 2 is 2.00 bits per heavy atom. The fraction of sp³-hybridized carbons (Fsp3) is 0.438. The molecule has 1 fully saturated rings. The van der Waals surface area contributed by atoms with E-state index in [4.69, 9.17) is 4.74 Å². The van der Waals surface area contributed by atoms with Gasteiger partial charge in [0.2, 0.25) is 0 Å². The van der Waals surface area contributed by atoms with Gasteiger partial charge in [0.1, 0.15) is 12.4 Å². The maximum atomic E-state index is 10.9. The summed E-state index contributed by atoms with van der Waals surface area (Å²) in [5, 5.41) is 10.9. The van der Waals surface area contributed by atoms with Gasteiger partial charge in [-0.15, -0.1) is 0 Å². The van der Waals surface area contributed by atoms with E-state index in [9.17, 15) is 10.1 Å². The van der Waals surface area contributed by atoms with Gasteiger partial charge < -0.3 is 19.8 Å². The zero-order valence-corrected chi connectivity index (χ0v) is 13.1. The van der Waals surface area contributed by atoms with E-state index < -0.39 is 4.92 Å². The molecule has 3 rings (SSSR count). The van der Waals surface area contributed by atoms with E-state index in [2.05, 4.69) is 22.0 Å². The minimum Gasteiger partial charge on any atom is -0.390 e. The fourth-order valence-corrected chi connectivity index (χ4v) is 2.96. The molecule has 0 radical (unpaired) electrons. The van der Waals surface area contributed by atoms with Crippen molar-refractivity contribution in [2.24, 2.45) is 0 Å². The average Bonchev–Trinajstić information content (AvgIpc) is 3.04. The summed E-state index contributed by atoms with van der Waals surface area (Å²) >= 11 is 0. The Morgan fingerprint density at radius 3 is 2.61 bits per heavy atom. The van der Waals surface area contributed by atoms with E-state index in [1.165, 1.54) is 11.9 Å². The van der Waals surface area contributed by atoms with Crippen molar-refractivity contribution in [1.29, 1.82) is 0 Å². The maximum absolute atomic E-state index is 10.9. The summed E-state index contributed by atoms with van der Waals surface area (Å²) in [6.07, 6.45) is 5.53. The molecular formula is C16H20N4O3. The highest BCUT2D eigenvalue weighted by atomic mass is 16.6. The number of anilines is 1. The number of nitro groups is 1. The second-order valence-electron chi connectivity index (χ2n) is 5.70. The van der Waals surface area contributed by atoms with E-state index in [-0.39, 0.29) is 5.95 Å². The van der Waals surface area contributed by atoms with Crippen LogP contribution >= 0.6 is 0 Å². The lowest BCUT2D eigenvalue weighted by Crippen LogP contribution is -2.36. The number of ether oxygens (including phenoxy) is 1. The first-order valence-corrected chi connectivity index (χ1v) is 7.69. The SMILES string of the molecule is COC1CCN(c2ccc(Cn3ccnc3[N+](=O)[O-])cc2)CC1. The second kappa shape index (κ2) is 6.78. The van der Waals surface area contributed by atoms with E-state index in [0.29, 0.717) is 12.6 Å². The smallest absolute Gasteiger partial charge is 0.390 e. The molecule has 122 valence electrons. The van der Waals surface area contributed by atoms with Gasteiger partial charge in [0.05, 0.1) is 12.6 Å². The lowest BCUT2D eigenvalue weighted by atomic mass is 10.1. The quantitative estimate of drug-likeness (QED) is 0.626. The van der Waals surface area contributed by atoms with Crippen LogP contribution in [-0.4, -0.2) is 40.8 Å². The van der Waals surface area contributed by atoms with Crippen molar-refractivity contribution in [3.63, 3.8) is 0 Å². The number of nitrogens with zero attached hydrogens (tertiary/aromatic N) is 4. The van der Waals surface area contributed by atoms with Gasteiger partial charge in [0.25, 0.3) is 0 Å². The van der Waals surface area contributed by atoms with Crippen molar-refractivity contribution in [1.82, 2.24) is 9.55 Å². The van der Waals surface area contributed by atoms with E-state index in [0.717, 1.165) is 31.5 Å². The lowest BCUT2D eigenvalue weighted by molar-refractivity contribution is -0.396. The summed E-state index contributed by atoms with van der Waals surface area (Å²) in [5.41, 5.74) is 2.20. The summed E-state index contributed by atoms with van der Waals surface area (Å²) in [6.45, 7) is 2.43. The summed E-state index contributed by atoms with van der Waals surface area (Å²) in [4.78, 5) is 16.5. The highest BCUT2D eigenvalue weighted by molar-refractivity contribution is 5.48. The van der Waals surface area contributed by atoms with Crippen LogP contribution in [0.4, 0.5) is 11.6 Å². The van der Waals surface area contributed by atoms with Crippen LogP contribution in [0.1, 0.15) is 18.4 Å². The predicted octanol–water partition coefficient (Wildman–Crippen LogP) is 2.45. The van der Waals surface area contributed by atoms with Crippen molar-refractivity contribution in [3.05, 3.63) is 52.3 Å². The normalized spacial score (nSPS) is 15.8. The van der Waals surface area contributed by atoms with Crippen molar-refractivity contribution in [2.45, 2.75) is 25.5 Å². The first-order chi connectivity index (χ1) is 11.2. The molecule has 0 atom stereocenters. The van der Waals surface area contributed by atoms with Crippen LogP contribution in [0.15, 0.2) is 36.7 Å². The van der Waals surface area contributed by atoms with Crippen LogP contribution < -0.4 is 4.90 Å². The van der Waals surface area contributed by atoms with Gasteiger partial charge in [0.15, 0.2) is 0 Å². The van der Waals surface area contributed by atoms with Crippen LogP contribution in [0.25, 0.3) is 0 Å². The van der Waals surface area contributed by atoms with Gasteiger partial charge in [-0.05, 0) is 35.5 Å². The zero-order valence-electron chi connectivity index (χ0n) is 13.1. The first-order valence-electron chi connectivity index (χ1n) is 7.69. The number of imidazole rings is 1. The van der Waals surface area contributed by atoms with Crippen LogP contribution in [-0.2, 0) is 11.3 Å². The zero-order chi connectivity index (χ0) is 16.2. The highest BCUT2D eigenvalue weighted by Gasteiger charge is 2.19. The Labute approximate surface area is 134 Å². The monoisotopic (exact) mass is 316 g/mol. The number of methoxy groups -OCH3 is 1. The van der Waals surface area contributed by atoms with Crippen LogP contribution in [0.5, 0.6) is 0 Å². The third-order valence-corrected chi connectivity index (χ3v) is 4.29. The number of benzene rings is 1. The van der Waals surface area contributed by atoms with Gasteiger partial charge in [-0.2, -0.15) is 0 Å². The molecule has 1 aliphatic rings. The van der Waals surface area contributed by atoms with Crippen LogP contribution in [0.3, 0.4) is 0 Å². The molecule has 1 saturated heterocycles. The summed E-state index contributed by atoms with van der Waals surface area (Å²) in [7, 11) is 1.77. The topological polar surface area (TPSA) is 73.4 Å². The van der Waals surface area contributed by atoms with Crippen molar-refractivity contribution < 1.29 is 9.66 Å². The third-order valence-electron chi connectivity index (χ3n) is 4.29. The van der Waals surface area contributed by atoms with Gasteiger partial charge in [0, 0.05) is 25.9 Å².